The summed E-state index contributed by atoms with van der Waals surface area (Å²) in [6.07, 6.45) is 0.716. The van der Waals surface area contributed by atoms with Gasteiger partial charge in [-0.05, 0) is 12.2 Å². The summed E-state index contributed by atoms with van der Waals surface area (Å²) in [5.41, 5.74) is 0. The molecular formula is C13H21NO4S2. The molecule has 1 fully saturated rings. The molecule has 1 saturated heterocycles. The maximum Gasteiger partial charge on any atom is 0.327 e. The van der Waals surface area contributed by atoms with E-state index >= 15 is 0 Å². The van der Waals surface area contributed by atoms with Crippen molar-refractivity contribution in [2.24, 2.45) is 5.92 Å². The molecular weight excluding hydrogens is 298 g/mol. The van der Waals surface area contributed by atoms with Crippen LogP contribution < -0.4 is 0 Å². The summed E-state index contributed by atoms with van der Waals surface area (Å²) >= 11 is 2.70. The molecule has 0 spiro atoms. The average molecular weight is 319 g/mol. The summed E-state index contributed by atoms with van der Waals surface area (Å²) in [5, 5.41) is 9.30. The Morgan fingerprint density at radius 2 is 2.05 bits per heavy atom. The molecule has 7 heteroatoms. The predicted octanol–water partition coefficient (Wildman–Crippen LogP) is 1.71. The first-order valence-electron chi connectivity index (χ1n) is 6.66. The lowest BCUT2D eigenvalue weighted by Gasteiger charge is -2.26. The van der Waals surface area contributed by atoms with Gasteiger partial charge in [-0.1, -0.05) is 25.6 Å². The van der Waals surface area contributed by atoms with E-state index in [1.807, 2.05) is 6.92 Å². The number of carbonyl (C=O) groups is 3. The molecule has 3 atom stereocenters. The number of carboxylic acid groups (broad SMARTS) is 1. The lowest BCUT2D eigenvalue weighted by atomic mass is 10.1. The minimum atomic E-state index is -0.937. The lowest BCUT2D eigenvalue weighted by Crippen LogP contribution is -2.46. The third-order valence-electron chi connectivity index (χ3n) is 3.22. The van der Waals surface area contributed by atoms with Crippen LogP contribution in [-0.2, 0) is 14.4 Å². The van der Waals surface area contributed by atoms with Gasteiger partial charge in [-0.15, -0.1) is 0 Å². The fraction of sp³-hybridized carbons (Fsp3) is 0.769. The van der Waals surface area contributed by atoms with Gasteiger partial charge in [-0.3, -0.25) is 9.59 Å². The highest BCUT2D eigenvalue weighted by molar-refractivity contribution is 8.13. The molecule has 114 valence electrons. The van der Waals surface area contributed by atoms with Gasteiger partial charge in [0, 0.05) is 30.4 Å². The van der Waals surface area contributed by atoms with Gasteiger partial charge < -0.3 is 10.0 Å². The first kappa shape index (κ1) is 17.4. The second kappa shape index (κ2) is 7.93. The Kier molecular flexibility index (Phi) is 6.88. The number of aliphatic carboxylic acids is 1. The first-order chi connectivity index (χ1) is 9.38. The summed E-state index contributed by atoms with van der Waals surface area (Å²) in [4.78, 5) is 36.2. The van der Waals surface area contributed by atoms with E-state index < -0.39 is 12.0 Å². The van der Waals surface area contributed by atoms with Gasteiger partial charge in [-0.25, -0.2) is 4.79 Å². The Labute approximate surface area is 127 Å². The Bertz CT molecular complexity index is 389. The van der Waals surface area contributed by atoms with Gasteiger partial charge in [0.2, 0.25) is 5.91 Å². The zero-order valence-corrected chi connectivity index (χ0v) is 13.6. The molecule has 1 unspecified atom stereocenters. The standard InChI is InChI=1S/C13H21NO4S2/c1-4-19-10-5-6-14(11(10)13(17)18)12(16)8(2)7-20-9(3)15/h8,10-11H,4-7H2,1-3H3,(H,17,18)/t8?,10-,11-/m0/s1. The maximum absolute atomic E-state index is 12.4. The van der Waals surface area contributed by atoms with E-state index in [1.165, 1.54) is 11.8 Å². The second-order valence-corrected chi connectivity index (χ2v) is 7.51. The van der Waals surface area contributed by atoms with E-state index in [4.69, 9.17) is 0 Å². The fourth-order valence-corrected chi connectivity index (χ4v) is 4.06. The molecule has 1 N–H and O–H groups in total. The van der Waals surface area contributed by atoms with Crippen LogP contribution in [0.1, 0.15) is 27.2 Å². The monoisotopic (exact) mass is 319 g/mol. The zero-order valence-electron chi connectivity index (χ0n) is 12.0. The smallest absolute Gasteiger partial charge is 0.327 e. The van der Waals surface area contributed by atoms with Crippen molar-refractivity contribution in [3.63, 3.8) is 0 Å². The van der Waals surface area contributed by atoms with Crippen LogP contribution in [0.25, 0.3) is 0 Å². The van der Waals surface area contributed by atoms with Crippen LogP contribution in [-0.4, -0.2) is 56.3 Å². The number of hydrogen-bond donors (Lipinski definition) is 1. The van der Waals surface area contributed by atoms with Gasteiger partial charge in [0.25, 0.3) is 0 Å². The molecule has 0 saturated carbocycles. The number of hydrogen-bond acceptors (Lipinski definition) is 5. The normalized spacial score (nSPS) is 23.6. The number of amides is 1. The molecule has 1 aliphatic rings. The molecule has 1 aliphatic heterocycles. The molecule has 0 aliphatic carbocycles. The Balaban J connectivity index is 2.70. The minimum Gasteiger partial charge on any atom is -0.480 e. The van der Waals surface area contributed by atoms with Crippen LogP contribution in [0.5, 0.6) is 0 Å². The summed E-state index contributed by atoms with van der Waals surface area (Å²) in [6, 6.07) is -0.739. The zero-order chi connectivity index (χ0) is 15.3. The van der Waals surface area contributed by atoms with Crippen molar-refractivity contribution >= 4 is 40.5 Å². The molecule has 1 rings (SSSR count). The Morgan fingerprint density at radius 3 is 2.55 bits per heavy atom. The van der Waals surface area contributed by atoms with Gasteiger partial charge in [0.15, 0.2) is 5.12 Å². The molecule has 20 heavy (non-hydrogen) atoms. The number of thioether (sulfide) groups is 2. The van der Waals surface area contributed by atoms with Gasteiger partial charge >= 0.3 is 5.97 Å². The number of rotatable bonds is 6. The van der Waals surface area contributed by atoms with Crippen molar-refractivity contribution < 1.29 is 19.5 Å². The Morgan fingerprint density at radius 1 is 1.40 bits per heavy atom. The number of carboxylic acids is 1. The van der Waals surface area contributed by atoms with Crippen molar-refractivity contribution in [3.05, 3.63) is 0 Å². The van der Waals surface area contributed by atoms with Crippen LogP contribution in [0.4, 0.5) is 0 Å². The number of likely N-dealkylation sites (tertiary alicyclic amines) is 1. The van der Waals surface area contributed by atoms with E-state index in [1.54, 1.807) is 18.7 Å². The predicted molar refractivity (Wildman–Crippen MR) is 82.0 cm³/mol. The number of nitrogens with zero attached hydrogens (tertiary/aromatic N) is 1. The van der Waals surface area contributed by atoms with Crippen LogP contribution >= 0.6 is 23.5 Å². The maximum atomic E-state index is 12.4. The molecule has 5 nitrogen and oxygen atoms in total. The minimum absolute atomic E-state index is 0.0275. The van der Waals surface area contributed by atoms with E-state index in [-0.39, 0.29) is 22.2 Å². The third-order valence-corrected chi connectivity index (χ3v) is 5.55. The van der Waals surface area contributed by atoms with E-state index in [0.717, 1.165) is 17.5 Å². The van der Waals surface area contributed by atoms with E-state index in [2.05, 4.69) is 0 Å². The lowest BCUT2D eigenvalue weighted by molar-refractivity contribution is -0.149. The largest absolute Gasteiger partial charge is 0.480 e. The van der Waals surface area contributed by atoms with E-state index in [0.29, 0.717) is 18.7 Å². The molecule has 1 amide bonds. The highest BCUT2D eigenvalue weighted by atomic mass is 32.2. The SMILES string of the molecule is CCS[C@H]1CCN(C(=O)C(C)CSC(C)=O)[C@@H]1C(=O)O. The summed E-state index contributed by atoms with van der Waals surface area (Å²) in [7, 11) is 0. The topological polar surface area (TPSA) is 74.7 Å². The summed E-state index contributed by atoms with van der Waals surface area (Å²) < 4.78 is 0. The van der Waals surface area contributed by atoms with E-state index in [9.17, 15) is 19.5 Å². The third kappa shape index (κ3) is 4.41. The summed E-state index contributed by atoms with van der Waals surface area (Å²) in [6.45, 7) is 5.69. The first-order valence-corrected chi connectivity index (χ1v) is 8.70. The van der Waals surface area contributed by atoms with Crippen LogP contribution in [0.15, 0.2) is 0 Å². The summed E-state index contributed by atoms with van der Waals surface area (Å²) in [5.74, 6) is -0.191. The molecule has 0 aromatic rings. The van der Waals surface area contributed by atoms with Crippen molar-refractivity contribution in [2.75, 3.05) is 18.1 Å². The number of carbonyl (C=O) groups excluding carboxylic acids is 2. The van der Waals surface area contributed by atoms with Crippen molar-refractivity contribution in [2.45, 2.75) is 38.5 Å². The van der Waals surface area contributed by atoms with Gasteiger partial charge in [0.05, 0.1) is 0 Å². The van der Waals surface area contributed by atoms with Crippen LogP contribution in [0.2, 0.25) is 0 Å². The quantitative estimate of drug-likeness (QED) is 0.803. The van der Waals surface area contributed by atoms with Crippen molar-refractivity contribution in [1.29, 1.82) is 0 Å². The highest BCUT2D eigenvalue weighted by Crippen LogP contribution is 2.30. The highest BCUT2D eigenvalue weighted by Gasteiger charge is 2.42. The van der Waals surface area contributed by atoms with Crippen molar-refractivity contribution in [1.82, 2.24) is 4.90 Å². The van der Waals surface area contributed by atoms with Crippen molar-refractivity contribution in [3.8, 4) is 0 Å². The molecule has 0 aromatic heterocycles. The molecule has 0 aromatic carbocycles. The second-order valence-electron chi connectivity index (χ2n) is 4.80. The van der Waals surface area contributed by atoms with Crippen LogP contribution in [0.3, 0.4) is 0 Å². The average Bonchev–Trinajstić information content (AvgIpc) is 2.79. The van der Waals surface area contributed by atoms with Crippen LogP contribution in [0, 0.1) is 5.92 Å². The molecule has 1 heterocycles. The van der Waals surface area contributed by atoms with Gasteiger partial charge in [-0.2, -0.15) is 11.8 Å². The Hall–Kier alpha value is -0.690. The molecule has 0 radical (unpaired) electrons. The fourth-order valence-electron chi connectivity index (χ4n) is 2.29. The van der Waals surface area contributed by atoms with Gasteiger partial charge in [0.1, 0.15) is 6.04 Å². The molecule has 0 bridgehead atoms.